The van der Waals surface area contributed by atoms with Crippen LogP contribution >= 0.6 is 0 Å². The van der Waals surface area contributed by atoms with Crippen LogP contribution in [-0.2, 0) is 16.6 Å². The molecule has 31 heavy (non-hydrogen) atoms. The van der Waals surface area contributed by atoms with Crippen LogP contribution in [0.1, 0.15) is 11.6 Å². The summed E-state index contributed by atoms with van der Waals surface area (Å²) >= 11 is 0. The minimum Gasteiger partial charge on any atom is -0.329 e. The summed E-state index contributed by atoms with van der Waals surface area (Å²) in [5.74, 6) is -4.96. The normalized spacial score (nSPS) is 12.9. The fraction of sp³-hybridized carbons (Fsp3) is 0.0952. The number of rotatable bonds is 6. The van der Waals surface area contributed by atoms with E-state index in [1.165, 1.54) is 18.5 Å². The number of halogens is 4. The first-order valence-corrected chi connectivity index (χ1v) is 10.5. The van der Waals surface area contributed by atoms with Crippen LogP contribution in [0.5, 0.6) is 0 Å². The molecule has 0 amide bonds. The van der Waals surface area contributed by atoms with E-state index >= 15 is 0 Å². The zero-order chi connectivity index (χ0) is 22.2. The van der Waals surface area contributed by atoms with Crippen molar-refractivity contribution in [2.45, 2.75) is 17.5 Å². The predicted molar refractivity (Wildman–Crippen MR) is 106 cm³/mol. The first kappa shape index (κ1) is 21.0. The second kappa shape index (κ2) is 8.12. The highest BCUT2D eigenvalue weighted by Crippen LogP contribution is 2.24. The van der Waals surface area contributed by atoms with Crippen molar-refractivity contribution in [3.63, 3.8) is 0 Å². The number of para-hydroxylation sites is 2. The van der Waals surface area contributed by atoms with Gasteiger partial charge in [-0.1, -0.05) is 24.3 Å². The average Bonchev–Trinajstić information content (AvgIpc) is 3.13. The number of hydrogen-bond acceptors (Lipinski definition) is 3. The summed E-state index contributed by atoms with van der Waals surface area (Å²) in [6.07, 6.45) is 1.51. The summed E-state index contributed by atoms with van der Waals surface area (Å²) < 4.78 is 84.0. The average molecular weight is 449 g/mol. The molecule has 4 aromatic rings. The number of aromatic nitrogens is 2. The van der Waals surface area contributed by atoms with E-state index in [0.717, 1.165) is 12.1 Å². The molecular weight excluding hydrogens is 434 g/mol. The molecule has 0 aliphatic rings. The molecule has 1 heterocycles. The standard InChI is InChI=1S/C21H15F4N3O2S/c22-14-7-5-13(6-8-14)19(11-28-12-26-18-3-1-2-4-20(18)28)27-31(29,30)21-10-16(24)15(23)9-17(21)25/h1-10,12,19,27H,11H2/t19-/m0/s1. The van der Waals surface area contributed by atoms with E-state index in [1.54, 1.807) is 28.8 Å². The number of imidazole rings is 1. The van der Waals surface area contributed by atoms with Crippen molar-refractivity contribution in [1.29, 1.82) is 0 Å². The molecule has 160 valence electrons. The van der Waals surface area contributed by atoms with E-state index in [4.69, 9.17) is 0 Å². The lowest BCUT2D eigenvalue weighted by Crippen LogP contribution is -2.32. The summed E-state index contributed by atoms with van der Waals surface area (Å²) in [5.41, 5.74) is 1.77. The monoisotopic (exact) mass is 449 g/mol. The molecule has 10 heteroatoms. The SMILES string of the molecule is O=S(=O)(N[C@@H](Cn1cnc2ccccc21)c1ccc(F)cc1)c1cc(F)c(F)cc1F. The van der Waals surface area contributed by atoms with Gasteiger partial charge < -0.3 is 4.57 Å². The first-order chi connectivity index (χ1) is 14.7. The number of fused-ring (bicyclic) bond motifs is 1. The largest absolute Gasteiger partial charge is 0.329 e. The number of nitrogens with zero attached hydrogens (tertiary/aromatic N) is 2. The molecule has 0 aliphatic carbocycles. The van der Waals surface area contributed by atoms with Crippen molar-refractivity contribution in [1.82, 2.24) is 14.3 Å². The van der Waals surface area contributed by atoms with Crippen LogP contribution in [0.4, 0.5) is 17.6 Å². The second-order valence-corrected chi connectivity index (χ2v) is 8.49. The Morgan fingerprint density at radius 2 is 1.58 bits per heavy atom. The molecule has 4 rings (SSSR count). The molecule has 0 fully saturated rings. The molecule has 0 aliphatic heterocycles. The third-order valence-corrected chi connectivity index (χ3v) is 6.23. The first-order valence-electron chi connectivity index (χ1n) is 9.07. The van der Waals surface area contributed by atoms with Crippen LogP contribution in [0.3, 0.4) is 0 Å². The third-order valence-electron chi connectivity index (χ3n) is 4.74. The molecule has 3 aromatic carbocycles. The van der Waals surface area contributed by atoms with Crippen LogP contribution in [0.25, 0.3) is 11.0 Å². The Morgan fingerprint density at radius 3 is 2.32 bits per heavy atom. The van der Waals surface area contributed by atoms with E-state index in [2.05, 4.69) is 9.71 Å². The lowest BCUT2D eigenvalue weighted by molar-refractivity contribution is 0.476. The number of sulfonamides is 1. The topological polar surface area (TPSA) is 64.0 Å². The lowest BCUT2D eigenvalue weighted by atomic mass is 10.1. The van der Waals surface area contributed by atoms with E-state index in [-0.39, 0.29) is 18.7 Å². The van der Waals surface area contributed by atoms with E-state index in [0.29, 0.717) is 16.6 Å². The number of hydrogen-bond donors (Lipinski definition) is 1. The molecule has 0 bridgehead atoms. The highest BCUT2D eigenvalue weighted by Gasteiger charge is 2.27. The Bertz CT molecular complexity index is 1360. The predicted octanol–water partition coefficient (Wildman–Crippen LogP) is 4.31. The van der Waals surface area contributed by atoms with Crippen LogP contribution in [-0.4, -0.2) is 18.0 Å². The molecule has 0 unspecified atom stereocenters. The van der Waals surface area contributed by atoms with Gasteiger partial charge in [0.15, 0.2) is 11.6 Å². The summed E-state index contributed by atoms with van der Waals surface area (Å²) in [6.45, 7) is 0.0245. The van der Waals surface area contributed by atoms with Gasteiger partial charge in [0.1, 0.15) is 16.5 Å². The van der Waals surface area contributed by atoms with Gasteiger partial charge in [0.05, 0.1) is 23.4 Å². The number of benzene rings is 3. The van der Waals surface area contributed by atoms with Crippen molar-refractivity contribution in [3.8, 4) is 0 Å². The van der Waals surface area contributed by atoms with Crippen molar-refractivity contribution in [3.05, 3.63) is 95.8 Å². The smallest absolute Gasteiger partial charge is 0.244 e. The minimum absolute atomic E-state index is 0.0245. The molecule has 1 atom stereocenters. The van der Waals surface area contributed by atoms with E-state index in [1.807, 2.05) is 0 Å². The van der Waals surface area contributed by atoms with Crippen LogP contribution in [0.15, 0.2) is 71.9 Å². The summed E-state index contributed by atoms with van der Waals surface area (Å²) in [5, 5.41) is 0. The maximum atomic E-state index is 14.1. The molecule has 5 nitrogen and oxygen atoms in total. The van der Waals surface area contributed by atoms with Gasteiger partial charge in [0.2, 0.25) is 10.0 Å². The zero-order valence-electron chi connectivity index (χ0n) is 15.8. The van der Waals surface area contributed by atoms with Gasteiger partial charge in [-0.3, -0.25) is 0 Å². The van der Waals surface area contributed by atoms with Crippen molar-refractivity contribution in [2.24, 2.45) is 0 Å². The van der Waals surface area contributed by atoms with Crippen LogP contribution < -0.4 is 4.72 Å². The van der Waals surface area contributed by atoms with Gasteiger partial charge in [-0.2, -0.15) is 0 Å². The maximum absolute atomic E-state index is 14.1. The molecule has 0 radical (unpaired) electrons. The Labute approximate surface area is 175 Å². The Morgan fingerprint density at radius 1 is 0.903 bits per heavy atom. The lowest BCUT2D eigenvalue weighted by Gasteiger charge is -2.20. The molecule has 1 aromatic heterocycles. The Hall–Kier alpha value is -3.24. The summed E-state index contributed by atoms with van der Waals surface area (Å²) in [7, 11) is -4.60. The fourth-order valence-corrected chi connectivity index (χ4v) is 4.51. The Balaban J connectivity index is 1.74. The molecule has 0 saturated carbocycles. The van der Waals surface area contributed by atoms with Crippen LogP contribution in [0, 0.1) is 23.3 Å². The fourth-order valence-electron chi connectivity index (χ4n) is 3.22. The highest BCUT2D eigenvalue weighted by molar-refractivity contribution is 7.89. The summed E-state index contributed by atoms with van der Waals surface area (Å²) in [4.78, 5) is 3.21. The Kier molecular flexibility index (Phi) is 5.50. The molecule has 0 spiro atoms. The van der Waals surface area contributed by atoms with Gasteiger partial charge in [-0.05, 0) is 35.9 Å². The van der Waals surface area contributed by atoms with Gasteiger partial charge in [0.25, 0.3) is 0 Å². The van der Waals surface area contributed by atoms with Crippen molar-refractivity contribution >= 4 is 21.1 Å². The van der Waals surface area contributed by atoms with Gasteiger partial charge in [-0.25, -0.2) is 35.7 Å². The maximum Gasteiger partial charge on any atom is 0.244 e. The van der Waals surface area contributed by atoms with Crippen LogP contribution in [0.2, 0.25) is 0 Å². The quantitative estimate of drug-likeness (QED) is 0.352. The van der Waals surface area contributed by atoms with Gasteiger partial charge >= 0.3 is 0 Å². The molecular formula is C21H15F4N3O2S. The highest BCUT2D eigenvalue weighted by atomic mass is 32.2. The van der Waals surface area contributed by atoms with Gasteiger partial charge in [-0.15, -0.1) is 0 Å². The minimum atomic E-state index is -4.60. The third kappa shape index (κ3) is 4.30. The summed E-state index contributed by atoms with van der Waals surface area (Å²) in [6, 6.07) is 11.7. The second-order valence-electron chi connectivity index (χ2n) is 6.81. The van der Waals surface area contributed by atoms with E-state index in [9.17, 15) is 26.0 Å². The van der Waals surface area contributed by atoms with Crippen molar-refractivity contribution in [2.75, 3.05) is 0 Å². The molecule has 0 saturated heterocycles. The number of nitrogens with one attached hydrogen (secondary N) is 1. The molecule has 1 N–H and O–H groups in total. The van der Waals surface area contributed by atoms with Crippen molar-refractivity contribution < 1.29 is 26.0 Å². The van der Waals surface area contributed by atoms with Gasteiger partial charge in [0, 0.05) is 12.6 Å². The zero-order valence-corrected chi connectivity index (χ0v) is 16.6. The van der Waals surface area contributed by atoms with E-state index < -0.39 is 44.2 Å².